The van der Waals surface area contributed by atoms with Gasteiger partial charge in [0.05, 0.1) is 23.9 Å². The number of amides is 3. The topological polar surface area (TPSA) is 127 Å². The molecule has 0 spiro atoms. The second-order valence-corrected chi connectivity index (χ2v) is 8.27. The minimum atomic E-state index is -0.963. The SMILES string of the molecule is COc1ccc(C(=O)CN(C(=O)c2ccccc2[N+](=O)[O-])N2C(=O)[C@H]3CCCC[C@@H]3C2=O)cc1. The van der Waals surface area contributed by atoms with Crippen LogP contribution in [-0.4, -0.2) is 52.1 Å². The van der Waals surface area contributed by atoms with Crippen molar-refractivity contribution in [3.05, 3.63) is 69.8 Å². The van der Waals surface area contributed by atoms with E-state index in [1.165, 1.54) is 37.4 Å². The molecule has 0 aromatic heterocycles. The van der Waals surface area contributed by atoms with Crippen LogP contribution in [0.2, 0.25) is 0 Å². The first-order valence-corrected chi connectivity index (χ1v) is 10.9. The van der Waals surface area contributed by atoms with Crippen molar-refractivity contribution >= 4 is 29.2 Å². The summed E-state index contributed by atoms with van der Waals surface area (Å²) in [6.07, 6.45) is 2.62. The minimum Gasteiger partial charge on any atom is -0.497 e. The summed E-state index contributed by atoms with van der Waals surface area (Å²) in [5, 5.41) is 13.0. The lowest BCUT2D eigenvalue weighted by Gasteiger charge is -2.30. The van der Waals surface area contributed by atoms with E-state index in [0.717, 1.165) is 28.9 Å². The lowest BCUT2D eigenvalue weighted by atomic mass is 9.81. The highest BCUT2D eigenvalue weighted by Gasteiger charge is 2.52. The van der Waals surface area contributed by atoms with Gasteiger partial charge < -0.3 is 4.74 Å². The molecular formula is C24H23N3O7. The molecule has 10 nitrogen and oxygen atoms in total. The molecule has 0 radical (unpaired) electrons. The van der Waals surface area contributed by atoms with Crippen LogP contribution in [0.1, 0.15) is 46.4 Å². The van der Waals surface area contributed by atoms with Crippen LogP contribution in [0.5, 0.6) is 5.75 Å². The zero-order valence-electron chi connectivity index (χ0n) is 18.5. The van der Waals surface area contributed by atoms with Crippen LogP contribution in [0, 0.1) is 22.0 Å². The average Bonchev–Trinajstić information content (AvgIpc) is 3.12. The molecule has 10 heteroatoms. The van der Waals surface area contributed by atoms with Crippen molar-refractivity contribution in [3.8, 4) is 5.75 Å². The van der Waals surface area contributed by atoms with E-state index in [2.05, 4.69) is 0 Å². The number of nitrogens with zero attached hydrogens (tertiary/aromatic N) is 3. The molecule has 1 saturated heterocycles. The second kappa shape index (κ2) is 9.42. The number of Topliss-reactive ketones (excluding diaryl/α,β-unsaturated/α-hetero) is 1. The molecule has 1 saturated carbocycles. The Labute approximate surface area is 195 Å². The van der Waals surface area contributed by atoms with E-state index >= 15 is 0 Å². The number of para-hydroxylation sites is 1. The molecule has 2 atom stereocenters. The number of fused-ring (bicyclic) bond motifs is 1. The number of hydrogen-bond donors (Lipinski definition) is 0. The molecule has 1 heterocycles. The van der Waals surface area contributed by atoms with Crippen LogP contribution in [0.3, 0.4) is 0 Å². The van der Waals surface area contributed by atoms with Crippen molar-refractivity contribution in [2.24, 2.45) is 11.8 Å². The molecule has 3 amide bonds. The van der Waals surface area contributed by atoms with Crippen molar-refractivity contribution in [2.75, 3.05) is 13.7 Å². The highest BCUT2D eigenvalue weighted by Crippen LogP contribution is 2.39. The molecule has 1 aliphatic heterocycles. The van der Waals surface area contributed by atoms with E-state index in [1.807, 2.05) is 0 Å². The van der Waals surface area contributed by atoms with Crippen LogP contribution in [0.25, 0.3) is 0 Å². The van der Waals surface area contributed by atoms with E-state index in [0.29, 0.717) is 18.6 Å². The lowest BCUT2D eigenvalue weighted by Crippen LogP contribution is -2.52. The third-order valence-electron chi connectivity index (χ3n) is 6.33. The predicted molar refractivity (Wildman–Crippen MR) is 119 cm³/mol. The van der Waals surface area contributed by atoms with Crippen molar-refractivity contribution in [2.45, 2.75) is 25.7 Å². The highest BCUT2D eigenvalue weighted by atomic mass is 16.6. The number of hydrogen-bond acceptors (Lipinski definition) is 7. The number of rotatable bonds is 7. The van der Waals surface area contributed by atoms with Crippen molar-refractivity contribution < 1.29 is 28.8 Å². The second-order valence-electron chi connectivity index (χ2n) is 8.27. The maximum Gasteiger partial charge on any atom is 0.282 e. The van der Waals surface area contributed by atoms with Gasteiger partial charge in [-0.05, 0) is 43.2 Å². The molecule has 2 aromatic carbocycles. The van der Waals surface area contributed by atoms with Gasteiger partial charge in [0, 0.05) is 11.6 Å². The Morgan fingerprint density at radius 3 is 2.18 bits per heavy atom. The molecule has 2 aliphatic rings. The number of methoxy groups -OCH3 is 1. The summed E-state index contributed by atoms with van der Waals surface area (Å²) in [4.78, 5) is 63.8. The van der Waals surface area contributed by atoms with Gasteiger partial charge in [-0.1, -0.05) is 25.0 Å². The van der Waals surface area contributed by atoms with Gasteiger partial charge in [0.1, 0.15) is 17.9 Å². The molecular weight excluding hydrogens is 442 g/mol. The quantitative estimate of drug-likeness (QED) is 0.266. The van der Waals surface area contributed by atoms with Gasteiger partial charge in [-0.15, -0.1) is 0 Å². The summed E-state index contributed by atoms with van der Waals surface area (Å²) < 4.78 is 5.09. The Kier molecular flexibility index (Phi) is 6.40. The summed E-state index contributed by atoms with van der Waals surface area (Å²) in [6.45, 7) is -0.631. The Morgan fingerprint density at radius 2 is 1.62 bits per heavy atom. The van der Waals surface area contributed by atoms with Crippen LogP contribution in [0.4, 0.5) is 5.69 Å². The van der Waals surface area contributed by atoms with E-state index in [-0.39, 0.29) is 11.1 Å². The average molecular weight is 465 g/mol. The Morgan fingerprint density at radius 1 is 1.03 bits per heavy atom. The standard InChI is InChI=1S/C24H23N3O7/c1-34-16-12-10-15(11-13-16)21(28)14-25(22(29)19-8-4-5-9-20(19)27(32)33)26-23(30)17-6-2-3-7-18(17)24(26)31/h4-5,8-13,17-18H,2-3,6-7,14H2,1H3/t17-,18-/m0/s1. The number of nitro benzene ring substituents is 1. The zero-order chi connectivity index (χ0) is 24.4. The molecule has 0 bridgehead atoms. The first kappa shape index (κ1) is 23.1. The third kappa shape index (κ3) is 4.14. The zero-order valence-corrected chi connectivity index (χ0v) is 18.5. The number of hydrazine groups is 1. The first-order valence-electron chi connectivity index (χ1n) is 10.9. The van der Waals surface area contributed by atoms with Gasteiger partial charge in [0.25, 0.3) is 23.4 Å². The summed E-state index contributed by atoms with van der Waals surface area (Å²) in [7, 11) is 1.48. The van der Waals surface area contributed by atoms with Gasteiger partial charge in [0.2, 0.25) is 0 Å². The molecule has 4 rings (SSSR count). The number of carbonyl (C=O) groups excluding carboxylic acids is 4. The van der Waals surface area contributed by atoms with Crippen molar-refractivity contribution in [1.82, 2.24) is 10.0 Å². The number of benzene rings is 2. The van der Waals surface area contributed by atoms with E-state index < -0.39 is 52.5 Å². The van der Waals surface area contributed by atoms with Crippen LogP contribution in [0.15, 0.2) is 48.5 Å². The number of carbonyl (C=O) groups is 4. The third-order valence-corrected chi connectivity index (χ3v) is 6.33. The van der Waals surface area contributed by atoms with Gasteiger partial charge in [-0.3, -0.25) is 29.3 Å². The van der Waals surface area contributed by atoms with Gasteiger partial charge in [0.15, 0.2) is 5.78 Å². The van der Waals surface area contributed by atoms with Crippen molar-refractivity contribution in [3.63, 3.8) is 0 Å². The number of ketones is 1. The fourth-order valence-corrected chi connectivity index (χ4v) is 4.57. The Hall–Kier alpha value is -4.08. The van der Waals surface area contributed by atoms with E-state index in [1.54, 1.807) is 12.1 Å². The largest absolute Gasteiger partial charge is 0.497 e. The smallest absolute Gasteiger partial charge is 0.282 e. The summed E-state index contributed by atoms with van der Waals surface area (Å²) in [6, 6.07) is 11.4. The first-order chi connectivity index (χ1) is 16.3. The number of nitro groups is 1. The molecule has 34 heavy (non-hydrogen) atoms. The Bertz CT molecular complexity index is 1140. The number of ether oxygens (including phenoxy) is 1. The molecule has 0 unspecified atom stereocenters. The normalized spacial score (nSPS) is 19.5. The van der Waals surface area contributed by atoms with Gasteiger partial charge in [-0.2, -0.15) is 5.01 Å². The molecule has 1 aliphatic carbocycles. The van der Waals surface area contributed by atoms with Crippen molar-refractivity contribution in [1.29, 1.82) is 0 Å². The van der Waals surface area contributed by atoms with Gasteiger partial charge in [-0.25, -0.2) is 5.01 Å². The monoisotopic (exact) mass is 465 g/mol. The minimum absolute atomic E-state index is 0.234. The highest BCUT2D eigenvalue weighted by molar-refractivity contribution is 6.10. The van der Waals surface area contributed by atoms with Crippen LogP contribution >= 0.6 is 0 Å². The maximum atomic E-state index is 13.5. The summed E-state index contributed by atoms with van der Waals surface area (Å²) in [5.41, 5.74) is -0.561. The summed E-state index contributed by atoms with van der Waals surface area (Å²) in [5.74, 6) is -3.19. The number of imide groups is 1. The van der Waals surface area contributed by atoms with Gasteiger partial charge >= 0.3 is 0 Å². The van der Waals surface area contributed by atoms with Crippen LogP contribution < -0.4 is 4.74 Å². The fraction of sp³-hybridized carbons (Fsp3) is 0.333. The molecule has 0 N–H and O–H groups in total. The van der Waals surface area contributed by atoms with Crippen LogP contribution in [-0.2, 0) is 9.59 Å². The molecule has 2 fully saturated rings. The predicted octanol–water partition coefficient (Wildman–Crippen LogP) is 3.02. The van der Waals surface area contributed by atoms with E-state index in [9.17, 15) is 29.3 Å². The lowest BCUT2D eigenvalue weighted by molar-refractivity contribution is -0.385. The Balaban J connectivity index is 1.72. The fourth-order valence-electron chi connectivity index (χ4n) is 4.57. The van der Waals surface area contributed by atoms with E-state index in [4.69, 9.17) is 4.74 Å². The molecule has 2 aromatic rings. The summed E-state index contributed by atoms with van der Waals surface area (Å²) >= 11 is 0. The molecule has 176 valence electrons. The maximum absolute atomic E-state index is 13.5.